The summed E-state index contributed by atoms with van der Waals surface area (Å²) in [6.45, 7) is -0.271. The number of halogens is 1. The molecule has 1 rings (SSSR count). The first-order valence-corrected chi connectivity index (χ1v) is 3.05. The summed E-state index contributed by atoms with van der Waals surface area (Å²) >= 11 is 5.55. The van der Waals surface area contributed by atoms with Gasteiger partial charge >= 0.3 is 0 Å². The molecule has 2 N–H and O–H groups in total. The maximum absolute atomic E-state index is 8.98. The van der Waals surface area contributed by atoms with Gasteiger partial charge in [-0.05, 0) is 0 Å². The molecule has 54 valence electrons. The molecule has 1 aromatic rings. The van der Waals surface area contributed by atoms with Crippen LogP contribution in [0.3, 0.4) is 0 Å². The van der Waals surface area contributed by atoms with E-state index in [1.807, 2.05) is 0 Å². The van der Waals surface area contributed by atoms with Gasteiger partial charge in [0.2, 0.25) is 0 Å². The highest BCUT2D eigenvalue weighted by Crippen LogP contribution is 2.22. The van der Waals surface area contributed by atoms with Crippen molar-refractivity contribution in [1.82, 2.24) is 4.98 Å². The molecular formula is C6H6ClNO2. The lowest BCUT2D eigenvalue weighted by atomic mass is 10.3. The van der Waals surface area contributed by atoms with Crippen molar-refractivity contribution >= 4 is 11.6 Å². The van der Waals surface area contributed by atoms with Crippen molar-refractivity contribution in [3.63, 3.8) is 0 Å². The van der Waals surface area contributed by atoms with Crippen molar-refractivity contribution in [1.29, 1.82) is 0 Å². The average molecular weight is 160 g/mol. The zero-order valence-electron chi connectivity index (χ0n) is 5.08. The molecule has 0 aromatic carbocycles. The highest BCUT2D eigenvalue weighted by molar-refractivity contribution is 6.31. The second kappa shape index (κ2) is 2.86. The Hall–Kier alpha value is -0.800. The summed E-state index contributed by atoms with van der Waals surface area (Å²) in [7, 11) is 0. The Bertz CT molecular complexity index is 219. The molecule has 0 fully saturated rings. The van der Waals surface area contributed by atoms with E-state index in [0.29, 0.717) is 5.56 Å². The summed E-state index contributed by atoms with van der Waals surface area (Å²) in [5, 5.41) is 17.9. The van der Waals surface area contributed by atoms with E-state index < -0.39 is 0 Å². The van der Waals surface area contributed by atoms with Gasteiger partial charge in [-0.25, -0.2) is 0 Å². The lowest BCUT2D eigenvalue weighted by Crippen LogP contribution is -1.86. The number of pyridine rings is 1. The third-order valence-electron chi connectivity index (χ3n) is 1.14. The van der Waals surface area contributed by atoms with Gasteiger partial charge in [-0.2, -0.15) is 0 Å². The molecule has 0 aliphatic heterocycles. The molecule has 0 spiro atoms. The average Bonchev–Trinajstić information content (AvgIpc) is 1.88. The smallest absolute Gasteiger partial charge is 0.140 e. The van der Waals surface area contributed by atoms with E-state index in [2.05, 4.69) is 4.98 Å². The van der Waals surface area contributed by atoms with E-state index in [-0.39, 0.29) is 17.4 Å². The summed E-state index contributed by atoms with van der Waals surface area (Å²) in [5.74, 6) is -0.0741. The van der Waals surface area contributed by atoms with E-state index in [4.69, 9.17) is 21.8 Å². The van der Waals surface area contributed by atoms with Gasteiger partial charge in [0.05, 0.1) is 17.8 Å². The molecule has 0 atom stereocenters. The van der Waals surface area contributed by atoms with Gasteiger partial charge in [-0.1, -0.05) is 11.6 Å². The molecule has 10 heavy (non-hydrogen) atoms. The first kappa shape index (κ1) is 7.31. The topological polar surface area (TPSA) is 53.4 Å². The predicted molar refractivity (Wildman–Crippen MR) is 36.8 cm³/mol. The molecule has 4 heteroatoms. The fourth-order valence-corrected chi connectivity index (χ4v) is 0.821. The van der Waals surface area contributed by atoms with Crippen molar-refractivity contribution in [2.75, 3.05) is 0 Å². The first-order chi connectivity index (χ1) is 4.75. The highest BCUT2D eigenvalue weighted by atomic mass is 35.5. The molecule has 0 bridgehead atoms. The molecule has 1 heterocycles. The summed E-state index contributed by atoms with van der Waals surface area (Å²) in [6.07, 6.45) is 2.60. The molecule has 0 saturated heterocycles. The van der Waals surface area contributed by atoms with Gasteiger partial charge in [-0.15, -0.1) is 0 Å². The molecule has 0 amide bonds. The Kier molecular flexibility index (Phi) is 2.09. The monoisotopic (exact) mass is 159 g/mol. The minimum absolute atomic E-state index is 0.0741. The van der Waals surface area contributed by atoms with Crippen LogP contribution >= 0.6 is 11.6 Å². The fraction of sp³-hybridized carbons (Fsp3) is 0.167. The van der Waals surface area contributed by atoms with E-state index in [9.17, 15) is 0 Å². The first-order valence-electron chi connectivity index (χ1n) is 2.68. The molecule has 0 aliphatic rings. The minimum atomic E-state index is -0.271. The number of hydrogen-bond acceptors (Lipinski definition) is 3. The Balaban J connectivity index is 3.17. The van der Waals surface area contributed by atoms with E-state index >= 15 is 0 Å². The summed E-state index contributed by atoms with van der Waals surface area (Å²) in [6, 6.07) is 0. The fourth-order valence-electron chi connectivity index (χ4n) is 0.608. The number of aliphatic hydroxyl groups excluding tert-OH is 1. The Morgan fingerprint density at radius 1 is 1.50 bits per heavy atom. The van der Waals surface area contributed by atoms with Crippen LogP contribution in [0.2, 0.25) is 5.02 Å². The zero-order chi connectivity index (χ0) is 7.56. The third-order valence-corrected chi connectivity index (χ3v) is 1.47. The van der Waals surface area contributed by atoms with Gasteiger partial charge in [0.1, 0.15) is 5.75 Å². The highest BCUT2D eigenvalue weighted by Gasteiger charge is 2.03. The lowest BCUT2D eigenvalue weighted by molar-refractivity contribution is 0.275. The van der Waals surface area contributed by atoms with Crippen molar-refractivity contribution in [3.8, 4) is 5.75 Å². The third kappa shape index (κ3) is 1.20. The van der Waals surface area contributed by atoms with Crippen LogP contribution in [-0.2, 0) is 6.61 Å². The van der Waals surface area contributed by atoms with Crippen LogP contribution < -0.4 is 0 Å². The van der Waals surface area contributed by atoms with Crippen molar-refractivity contribution in [3.05, 3.63) is 23.0 Å². The number of rotatable bonds is 1. The van der Waals surface area contributed by atoms with Crippen LogP contribution in [0.25, 0.3) is 0 Å². The molecule has 1 aromatic heterocycles. The van der Waals surface area contributed by atoms with Crippen LogP contribution in [-0.4, -0.2) is 15.2 Å². The normalized spacial score (nSPS) is 9.80. The molecule has 0 saturated carbocycles. The van der Waals surface area contributed by atoms with E-state index in [0.717, 1.165) is 0 Å². The summed E-state index contributed by atoms with van der Waals surface area (Å²) < 4.78 is 0. The van der Waals surface area contributed by atoms with Crippen LogP contribution in [0.1, 0.15) is 5.56 Å². The Morgan fingerprint density at radius 2 is 2.20 bits per heavy atom. The quantitative estimate of drug-likeness (QED) is 0.641. The molecule has 0 radical (unpaired) electrons. The SMILES string of the molecule is OCc1c(O)cncc1Cl. The predicted octanol–water partition coefficient (Wildman–Crippen LogP) is 0.933. The van der Waals surface area contributed by atoms with E-state index in [1.165, 1.54) is 12.4 Å². The number of nitrogens with zero attached hydrogens (tertiary/aromatic N) is 1. The van der Waals surface area contributed by atoms with Crippen LogP contribution in [0.5, 0.6) is 5.75 Å². The van der Waals surface area contributed by atoms with E-state index in [1.54, 1.807) is 0 Å². The Morgan fingerprint density at radius 3 is 2.60 bits per heavy atom. The largest absolute Gasteiger partial charge is 0.506 e. The number of aliphatic hydroxyl groups is 1. The maximum Gasteiger partial charge on any atom is 0.140 e. The number of aromatic nitrogens is 1. The van der Waals surface area contributed by atoms with Gasteiger partial charge < -0.3 is 10.2 Å². The second-order valence-corrected chi connectivity index (χ2v) is 2.18. The van der Waals surface area contributed by atoms with Crippen molar-refractivity contribution < 1.29 is 10.2 Å². The lowest BCUT2D eigenvalue weighted by Gasteiger charge is -2.00. The zero-order valence-corrected chi connectivity index (χ0v) is 5.84. The summed E-state index contributed by atoms with van der Waals surface area (Å²) in [4.78, 5) is 3.60. The van der Waals surface area contributed by atoms with Gasteiger partial charge in [0, 0.05) is 11.8 Å². The molecule has 0 unspecified atom stereocenters. The minimum Gasteiger partial charge on any atom is -0.506 e. The molecular weight excluding hydrogens is 154 g/mol. The number of hydrogen-bond donors (Lipinski definition) is 2. The van der Waals surface area contributed by atoms with Crippen LogP contribution in [0.4, 0.5) is 0 Å². The van der Waals surface area contributed by atoms with Crippen LogP contribution in [0, 0.1) is 0 Å². The van der Waals surface area contributed by atoms with Gasteiger partial charge in [0.25, 0.3) is 0 Å². The molecule has 3 nitrogen and oxygen atoms in total. The second-order valence-electron chi connectivity index (χ2n) is 1.78. The van der Waals surface area contributed by atoms with Gasteiger partial charge in [-0.3, -0.25) is 4.98 Å². The molecule has 0 aliphatic carbocycles. The maximum atomic E-state index is 8.98. The van der Waals surface area contributed by atoms with Crippen molar-refractivity contribution in [2.24, 2.45) is 0 Å². The number of aromatic hydroxyl groups is 1. The Labute approximate surface area is 62.9 Å². The van der Waals surface area contributed by atoms with Gasteiger partial charge in [0.15, 0.2) is 0 Å². The van der Waals surface area contributed by atoms with Crippen LogP contribution in [0.15, 0.2) is 12.4 Å². The van der Waals surface area contributed by atoms with Crippen molar-refractivity contribution in [2.45, 2.75) is 6.61 Å². The summed E-state index contributed by atoms with van der Waals surface area (Å²) in [5.41, 5.74) is 0.316. The standard InChI is InChI=1S/C6H6ClNO2/c7-5-1-8-2-6(10)4(5)3-9/h1-2,9-10H,3H2.